The molecule has 1 unspecified atom stereocenters. The maximum absolute atomic E-state index is 11.6. The lowest BCUT2D eigenvalue weighted by Crippen LogP contribution is -2.28. The average molecular weight is 263 g/mol. The molecule has 19 heavy (non-hydrogen) atoms. The van der Waals surface area contributed by atoms with Crippen LogP contribution in [0, 0.1) is 5.92 Å². The van der Waals surface area contributed by atoms with Gasteiger partial charge in [-0.25, -0.2) is 0 Å². The van der Waals surface area contributed by atoms with Crippen molar-refractivity contribution in [3.05, 3.63) is 29.6 Å². The molecule has 0 spiro atoms. The number of carbonyl (C=O) groups excluding carboxylic acids is 2. The second-order valence-corrected chi connectivity index (χ2v) is 4.78. The molecule has 0 bridgehead atoms. The summed E-state index contributed by atoms with van der Waals surface area (Å²) in [4.78, 5) is 28.8. The van der Waals surface area contributed by atoms with E-state index < -0.39 is 0 Å². The number of amides is 2. The summed E-state index contributed by atoms with van der Waals surface area (Å²) in [7, 11) is 3.37. The Labute approximate surface area is 114 Å². The van der Waals surface area contributed by atoms with Crippen LogP contribution in [0.5, 0.6) is 0 Å². The number of nitrogens with zero attached hydrogens (tertiary/aromatic N) is 2. The lowest BCUT2D eigenvalue weighted by atomic mass is 10.1. The normalized spacial score (nSPS) is 11.8. The van der Waals surface area contributed by atoms with Gasteiger partial charge in [0.25, 0.3) is 5.91 Å². The van der Waals surface area contributed by atoms with Gasteiger partial charge in [-0.05, 0) is 18.1 Å². The predicted molar refractivity (Wildman–Crippen MR) is 73.6 cm³/mol. The minimum atomic E-state index is -0.129. The molecule has 0 radical (unpaired) electrons. The molecule has 1 rings (SSSR count). The molecule has 5 nitrogen and oxygen atoms in total. The van der Waals surface area contributed by atoms with E-state index in [0.717, 1.165) is 12.0 Å². The summed E-state index contributed by atoms with van der Waals surface area (Å²) < 4.78 is 0. The van der Waals surface area contributed by atoms with Crippen LogP contribution in [0.4, 0.5) is 0 Å². The molecule has 0 aliphatic carbocycles. The summed E-state index contributed by atoms with van der Waals surface area (Å²) in [6.07, 6.45) is 2.44. The molecule has 0 saturated carbocycles. The van der Waals surface area contributed by atoms with E-state index >= 15 is 0 Å². The van der Waals surface area contributed by atoms with Crippen LogP contribution >= 0.6 is 0 Å². The fourth-order valence-corrected chi connectivity index (χ4v) is 1.43. The first-order chi connectivity index (χ1) is 8.95. The van der Waals surface area contributed by atoms with Gasteiger partial charge in [0.1, 0.15) is 5.69 Å². The van der Waals surface area contributed by atoms with Gasteiger partial charge in [-0.3, -0.25) is 14.6 Å². The Balaban J connectivity index is 2.58. The third-order valence-corrected chi connectivity index (χ3v) is 2.98. The molecule has 2 amide bonds. The third-order valence-electron chi connectivity index (χ3n) is 2.98. The minimum absolute atomic E-state index is 0.0163. The molecule has 0 aliphatic heterocycles. The highest BCUT2D eigenvalue weighted by Gasteiger charge is 2.11. The van der Waals surface area contributed by atoms with Gasteiger partial charge < -0.3 is 10.2 Å². The SMILES string of the molecule is CCC(C)C(=O)NCc1ccc(C(=O)N(C)C)nc1. The zero-order chi connectivity index (χ0) is 14.4. The molecule has 0 saturated heterocycles. The van der Waals surface area contributed by atoms with Gasteiger partial charge in [-0.15, -0.1) is 0 Å². The van der Waals surface area contributed by atoms with E-state index in [0.29, 0.717) is 12.2 Å². The standard InChI is InChI=1S/C14H21N3O2/c1-5-10(2)13(18)16-9-11-6-7-12(15-8-11)14(19)17(3)4/h6-8,10H,5,9H2,1-4H3,(H,16,18). The molecule has 1 aromatic heterocycles. The summed E-state index contributed by atoms with van der Waals surface area (Å²) in [6, 6.07) is 3.48. The highest BCUT2D eigenvalue weighted by atomic mass is 16.2. The first-order valence-electron chi connectivity index (χ1n) is 6.40. The Morgan fingerprint density at radius 1 is 1.37 bits per heavy atom. The molecule has 0 aromatic carbocycles. The van der Waals surface area contributed by atoms with E-state index in [1.807, 2.05) is 13.8 Å². The van der Waals surface area contributed by atoms with E-state index in [1.165, 1.54) is 4.90 Å². The fraction of sp³-hybridized carbons (Fsp3) is 0.500. The van der Waals surface area contributed by atoms with Crippen LogP contribution in [0.25, 0.3) is 0 Å². The van der Waals surface area contributed by atoms with E-state index in [-0.39, 0.29) is 17.7 Å². The fourth-order valence-electron chi connectivity index (χ4n) is 1.43. The van der Waals surface area contributed by atoms with E-state index in [2.05, 4.69) is 10.3 Å². The first-order valence-corrected chi connectivity index (χ1v) is 6.40. The third kappa shape index (κ3) is 4.35. The molecule has 5 heteroatoms. The maximum atomic E-state index is 11.6. The van der Waals surface area contributed by atoms with Crippen molar-refractivity contribution in [3.8, 4) is 0 Å². The molecule has 0 aliphatic rings. The second kappa shape index (κ2) is 6.87. The van der Waals surface area contributed by atoms with E-state index in [1.54, 1.807) is 32.4 Å². The van der Waals surface area contributed by atoms with Crippen LogP contribution in [-0.2, 0) is 11.3 Å². The average Bonchev–Trinajstić information content (AvgIpc) is 2.43. The molecule has 1 atom stereocenters. The van der Waals surface area contributed by atoms with Crippen molar-refractivity contribution in [1.82, 2.24) is 15.2 Å². The molecular weight excluding hydrogens is 242 g/mol. The Hall–Kier alpha value is -1.91. The van der Waals surface area contributed by atoms with E-state index in [9.17, 15) is 9.59 Å². The highest BCUT2D eigenvalue weighted by molar-refractivity contribution is 5.91. The first kappa shape index (κ1) is 15.1. The van der Waals surface area contributed by atoms with Crippen molar-refractivity contribution in [3.63, 3.8) is 0 Å². The smallest absolute Gasteiger partial charge is 0.271 e. The van der Waals surface area contributed by atoms with Crippen LogP contribution in [0.2, 0.25) is 0 Å². The van der Waals surface area contributed by atoms with Crippen molar-refractivity contribution < 1.29 is 9.59 Å². The van der Waals surface area contributed by atoms with Crippen molar-refractivity contribution in [2.24, 2.45) is 5.92 Å². The summed E-state index contributed by atoms with van der Waals surface area (Å²) in [5.41, 5.74) is 1.29. The second-order valence-electron chi connectivity index (χ2n) is 4.78. The summed E-state index contributed by atoms with van der Waals surface area (Å²) in [5.74, 6) is -0.0753. The summed E-state index contributed by atoms with van der Waals surface area (Å²) >= 11 is 0. The molecule has 1 N–H and O–H groups in total. The number of pyridine rings is 1. The molecule has 104 valence electrons. The van der Waals surface area contributed by atoms with Gasteiger partial charge in [0.05, 0.1) is 0 Å². The number of hydrogen-bond donors (Lipinski definition) is 1. The summed E-state index contributed by atoms with van der Waals surface area (Å²) in [5, 5.41) is 2.85. The Kier molecular flexibility index (Phi) is 5.48. The lowest BCUT2D eigenvalue weighted by Gasteiger charge is -2.11. The van der Waals surface area contributed by atoms with Crippen molar-refractivity contribution in [2.45, 2.75) is 26.8 Å². The minimum Gasteiger partial charge on any atom is -0.352 e. The molecule has 1 heterocycles. The van der Waals surface area contributed by atoms with Gasteiger partial charge >= 0.3 is 0 Å². The zero-order valence-electron chi connectivity index (χ0n) is 11.9. The maximum Gasteiger partial charge on any atom is 0.271 e. The largest absolute Gasteiger partial charge is 0.352 e. The number of rotatable bonds is 5. The Bertz CT molecular complexity index is 441. The van der Waals surface area contributed by atoms with Gasteiger partial charge in [0.15, 0.2) is 0 Å². The molecule has 0 fully saturated rings. The molecule has 1 aromatic rings. The van der Waals surface area contributed by atoms with Crippen molar-refractivity contribution in [2.75, 3.05) is 14.1 Å². The monoisotopic (exact) mass is 263 g/mol. The van der Waals surface area contributed by atoms with Gasteiger partial charge in [0.2, 0.25) is 5.91 Å². The van der Waals surface area contributed by atoms with Crippen LogP contribution in [0.15, 0.2) is 18.3 Å². The number of nitrogens with one attached hydrogen (secondary N) is 1. The van der Waals surface area contributed by atoms with Gasteiger partial charge in [-0.1, -0.05) is 19.9 Å². The summed E-state index contributed by atoms with van der Waals surface area (Å²) in [6.45, 7) is 4.31. The van der Waals surface area contributed by atoms with Crippen molar-refractivity contribution in [1.29, 1.82) is 0 Å². The van der Waals surface area contributed by atoms with Crippen LogP contribution < -0.4 is 5.32 Å². The number of aromatic nitrogens is 1. The Morgan fingerprint density at radius 3 is 2.53 bits per heavy atom. The van der Waals surface area contributed by atoms with Crippen LogP contribution in [-0.4, -0.2) is 35.8 Å². The molecular formula is C14H21N3O2. The lowest BCUT2D eigenvalue weighted by molar-refractivity contribution is -0.124. The Morgan fingerprint density at radius 2 is 2.05 bits per heavy atom. The zero-order valence-corrected chi connectivity index (χ0v) is 11.9. The van der Waals surface area contributed by atoms with Crippen LogP contribution in [0.1, 0.15) is 36.3 Å². The number of hydrogen-bond acceptors (Lipinski definition) is 3. The van der Waals surface area contributed by atoms with E-state index in [4.69, 9.17) is 0 Å². The number of carbonyl (C=O) groups is 2. The van der Waals surface area contributed by atoms with Gasteiger partial charge in [0, 0.05) is 32.8 Å². The highest BCUT2D eigenvalue weighted by Crippen LogP contribution is 2.04. The van der Waals surface area contributed by atoms with Crippen LogP contribution in [0.3, 0.4) is 0 Å². The topological polar surface area (TPSA) is 62.3 Å². The quantitative estimate of drug-likeness (QED) is 0.874. The predicted octanol–water partition coefficient (Wildman–Crippen LogP) is 1.45. The van der Waals surface area contributed by atoms with Gasteiger partial charge in [-0.2, -0.15) is 0 Å². The van der Waals surface area contributed by atoms with Crippen molar-refractivity contribution >= 4 is 11.8 Å².